The molecule has 7 heteroatoms. The maximum Gasteiger partial charge on any atom is 0.274 e. The molecule has 7 nitrogen and oxygen atoms in total. The van der Waals surface area contributed by atoms with Crippen LogP contribution in [0.3, 0.4) is 0 Å². The fraction of sp³-hybridized carbons (Fsp3) is 0.516. The van der Waals surface area contributed by atoms with Crippen LogP contribution in [0.15, 0.2) is 41.2 Å². The van der Waals surface area contributed by atoms with Gasteiger partial charge in [0, 0.05) is 47.0 Å². The molecular formula is C31H44N6O. The van der Waals surface area contributed by atoms with E-state index in [-0.39, 0.29) is 11.4 Å². The predicted molar refractivity (Wildman–Crippen MR) is 159 cm³/mol. The van der Waals surface area contributed by atoms with Crippen LogP contribution < -0.4 is 16.6 Å². The molecular weight excluding hydrogens is 472 g/mol. The van der Waals surface area contributed by atoms with E-state index in [1.807, 2.05) is 12.1 Å². The zero-order chi connectivity index (χ0) is 27.2. The van der Waals surface area contributed by atoms with E-state index in [2.05, 4.69) is 49.0 Å². The highest BCUT2D eigenvalue weighted by Crippen LogP contribution is 2.29. The number of H-pyrrole nitrogens is 1. The third-order valence-corrected chi connectivity index (χ3v) is 8.09. The normalized spacial score (nSPS) is 18.9. The lowest BCUT2D eigenvalue weighted by Gasteiger charge is -2.43. The summed E-state index contributed by atoms with van der Waals surface area (Å²) in [7, 11) is 0. The highest BCUT2D eigenvalue weighted by Gasteiger charge is 2.28. The molecule has 0 bridgehead atoms. The Balaban J connectivity index is 1.63. The second kappa shape index (κ2) is 12.6. The molecule has 1 fully saturated rings. The molecule has 1 aliphatic heterocycles. The fourth-order valence-corrected chi connectivity index (χ4v) is 6.10. The summed E-state index contributed by atoms with van der Waals surface area (Å²) in [6, 6.07) is 13.0. The summed E-state index contributed by atoms with van der Waals surface area (Å²) in [5.41, 5.74) is 10.8. The zero-order valence-electron chi connectivity index (χ0n) is 23.4. The molecule has 38 heavy (non-hydrogen) atoms. The first-order chi connectivity index (χ1) is 18.3. The molecule has 0 spiro atoms. The number of aromatic amines is 1. The molecule has 1 aromatic heterocycles. The van der Waals surface area contributed by atoms with Crippen LogP contribution in [-0.2, 0) is 6.42 Å². The molecule has 0 aliphatic carbocycles. The van der Waals surface area contributed by atoms with Crippen LogP contribution in [0, 0.1) is 5.41 Å². The molecule has 0 radical (unpaired) electrons. The highest BCUT2D eigenvalue weighted by atomic mass is 16.1. The van der Waals surface area contributed by atoms with E-state index >= 15 is 0 Å². The first-order valence-corrected chi connectivity index (χ1v) is 14.3. The maximum atomic E-state index is 13.3. The molecule has 0 saturated carbocycles. The Hall–Kier alpha value is -3.19. The van der Waals surface area contributed by atoms with Crippen molar-refractivity contribution in [3.8, 4) is 11.3 Å². The van der Waals surface area contributed by atoms with Crippen LogP contribution in [0.25, 0.3) is 22.3 Å². The van der Waals surface area contributed by atoms with Gasteiger partial charge in [-0.15, -0.1) is 0 Å². The smallest absolute Gasteiger partial charge is 0.274 e. The Morgan fingerprint density at radius 2 is 1.97 bits per heavy atom. The van der Waals surface area contributed by atoms with Gasteiger partial charge in [0.2, 0.25) is 0 Å². The fourth-order valence-electron chi connectivity index (χ4n) is 6.10. The summed E-state index contributed by atoms with van der Waals surface area (Å²) in [6.45, 7) is 10.2. The third kappa shape index (κ3) is 6.26. The summed E-state index contributed by atoms with van der Waals surface area (Å²) in [6.07, 6.45) is 9.16. The Bertz CT molecular complexity index is 1310. The highest BCUT2D eigenvalue weighted by molar-refractivity contribution is 5.96. The second-order valence-corrected chi connectivity index (χ2v) is 11.0. The van der Waals surface area contributed by atoms with E-state index < -0.39 is 0 Å². The van der Waals surface area contributed by atoms with Crippen LogP contribution in [-0.4, -0.2) is 45.4 Å². The van der Waals surface area contributed by atoms with Gasteiger partial charge in [-0.2, -0.15) is 0 Å². The van der Waals surface area contributed by atoms with Gasteiger partial charge >= 0.3 is 0 Å². The molecule has 2 heterocycles. The number of piperidine rings is 1. The lowest BCUT2D eigenvalue weighted by Crippen LogP contribution is -2.48. The SMILES string of the molecule is CCCCNc1ccc2nc(-c3cccc(C(=N)N)c3)c(=O)[nH]c2c1CCCC(C)N1C(C)CCCC1C. The van der Waals surface area contributed by atoms with Crippen LogP contribution >= 0.6 is 0 Å². The molecule has 3 unspecified atom stereocenters. The molecule has 2 aromatic carbocycles. The molecule has 3 aromatic rings. The Morgan fingerprint density at radius 1 is 1.21 bits per heavy atom. The average molecular weight is 517 g/mol. The molecule has 3 atom stereocenters. The number of rotatable bonds is 11. The van der Waals surface area contributed by atoms with Gasteiger partial charge in [0.15, 0.2) is 0 Å². The number of benzene rings is 2. The van der Waals surface area contributed by atoms with E-state index in [0.29, 0.717) is 34.9 Å². The van der Waals surface area contributed by atoms with Gasteiger partial charge < -0.3 is 16.0 Å². The molecule has 1 aliphatic rings. The average Bonchev–Trinajstić information content (AvgIpc) is 2.89. The molecule has 4 rings (SSSR count). The van der Waals surface area contributed by atoms with Crippen molar-refractivity contribution in [1.82, 2.24) is 14.9 Å². The first-order valence-electron chi connectivity index (χ1n) is 14.3. The number of amidine groups is 1. The van der Waals surface area contributed by atoms with E-state index in [1.54, 1.807) is 18.2 Å². The summed E-state index contributed by atoms with van der Waals surface area (Å²) in [5.74, 6) is -0.0308. The van der Waals surface area contributed by atoms with Gasteiger partial charge in [0.1, 0.15) is 11.5 Å². The zero-order valence-corrected chi connectivity index (χ0v) is 23.4. The van der Waals surface area contributed by atoms with Crippen molar-refractivity contribution in [3.63, 3.8) is 0 Å². The van der Waals surface area contributed by atoms with Gasteiger partial charge in [-0.25, -0.2) is 4.98 Å². The number of nitrogens with two attached hydrogens (primary N) is 1. The van der Waals surface area contributed by atoms with Crippen molar-refractivity contribution >= 4 is 22.6 Å². The number of anilines is 1. The van der Waals surface area contributed by atoms with E-state index in [1.165, 1.54) is 19.3 Å². The standard InChI is InChI=1S/C31H44N6O/c1-5-6-18-34-26-16-17-27-29(25(26)15-8-12-22(4)37-20(2)10-7-11-21(37)3)36-31(38)28(35-27)23-13-9-14-24(19-23)30(32)33/h9,13-14,16-17,19-22,34H,5-8,10-12,15,18H2,1-4H3,(H3,32,33)(H,36,38). The van der Waals surface area contributed by atoms with Crippen molar-refractivity contribution in [2.75, 3.05) is 11.9 Å². The number of likely N-dealkylation sites (tertiary alicyclic amines) is 1. The summed E-state index contributed by atoms with van der Waals surface area (Å²) >= 11 is 0. The number of nitrogen functional groups attached to an aromatic ring is 1. The van der Waals surface area contributed by atoms with Crippen LogP contribution in [0.5, 0.6) is 0 Å². The topological polar surface area (TPSA) is 111 Å². The van der Waals surface area contributed by atoms with Gasteiger partial charge in [-0.05, 0) is 77.5 Å². The quantitative estimate of drug-likeness (QED) is 0.141. The summed E-state index contributed by atoms with van der Waals surface area (Å²) in [4.78, 5) is 23.9. The van der Waals surface area contributed by atoms with Gasteiger partial charge in [-0.1, -0.05) is 38.0 Å². The van der Waals surface area contributed by atoms with Crippen molar-refractivity contribution in [1.29, 1.82) is 5.41 Å². The van der Waals surface area contributed by atoms with Crippen molar-refractivity contribution in [2.45, 2.75) is 97.2 Å². The van der Waals surface area contributed by atoms with Crippen LogP contribution in [0.4, 0.5) is 5.69 Å². The number of aromatic nitrogens is 2. The van der Waals surface area contributed by atoms with Gasteiger partial charge in [-0.3, -0.25) is 15.1 Å². The minimum Gasteiger partial charge on any atom is -0.385 e. The lowest BCUT2D eigenvalue weighted by atomic mass is 9.93. The number of aryl methyl sites for hydroxylation is 1. The van der Waals surface area contributed by atoms with Crippen LogP contribution in [0.2, 0.25) is 0 Å². The lowest BCUT2D eigenvalue weighted by molar-refractivity contribution is 0.0581. The number of nitrogens with zero attached hydrogens (tertiary/aromatic N) is 2. The van der Waals surface area contributed by atoms with Crippen molar-refractivity contribution in [2.24, 2.45) is 5.73 Å². The van der Waals surface area contributed by atoms with Gasteiger partial charge in [0.05, 0.1) is 11.0 Å². The largest absolute Gasteiger partial charge is 0.385 e. The summed E-state index contributed by atoms with van der Waals surface area (Å²) < 4.78 is 0. The third-order valence-electron chi connectivity index (χ3n) is 8.09. The molecule has 0 amide bonds. The van der Waals surface area contributed by atoms with E-state index in [0.717, 1.165) is 60.9 Å². The van der Waals surface area contributed by atoms with Crippen molar-refractivity contribution < 1.29 is 0 Å². The Labute approximate surface area is 226 Å². The number of unbranched alkanes of at least 4 members (excludes halogenated alkanes) is 1. The monoisotopic (exact) mass is 516 g/mol. The Morgan fingerprint density at radius 3 is 2.68 bits per heavy atom. The molecule has 204 valence electrons. The van der Waals surface area contributed by atoms with E-state index in [4.69, 9.17) is 16.1 Å². The van der Waals surface area contributed by atoms with E-state index in [9.17, 15) is 4.79 Å². The first kappa shape index (κ1) is 27.8. The minimum absolute atomic E-state index is 0.0308. The molecule has 5 N–H and O–H groups in total. The van der Waals surface area contributed by atoms with Crippen molar-refractivity contribution in [3.05, 3.63) is 57.9 Å². The number of hydrogen-bond acceptors (Lipinski definition) is 5. The number of fused-ring (bicyclic) bond motifs is 1. The van der Waals surface area contributed by atoms with Gasteiger partial charge in [0.25, 0.3) is 5.56 Å². The second-order valence-electron chi connectivity index (χ2n) is 11.0. The Kier molecular flexibility index (Phi) is 9.21. The maximum absolute atomic E-state index is 13.3. The predicted octanol–water partition coefficient (Wildman–Crippen LogP) is 6.06. The number of hydrogen-bond donors (Lipinski definition) is 4. The summed E-state index contributed by atoms with van der Waals surface area (Å²) in [5, 5.41) is 11.4. The van der Waals surface area contributed by atoms with Crippen LogP contribution in [0.1, 0.15) is 83.8 Å². The molecule has 1 saturated heterocycles. The minimum atomic E-state index is -0.227. The number of nitrogens with one attached hydrogen (secondary N) is 3.